The minimum atomic E-state index is -5.08. The number of pyridine rings is 1. The zero-order valence-electron chi connectivity index (χ0n) is 27.6. The van der Waals surface area contributed by atoms with Gasteiger partial charge in [0.15, 0.2) is 0 Å². The van der Waals surface area contributed by atoms with Crippen molar-refractivity contribution in [3.05, 3.63) is 54.1 Å². The number of nitrogens with one attached hydrogen (secondary N) is 1. The molecule has 0 amide bonds. The summed E-state index contributed by atoms with van der Waals surface area (Å²) in [4.78, 5) is 38.9. The van der Waals surface area contributed by atoms with Crippen molar-refractivity contribution in [2.45, 2.75) is 12.4 Å². The van der Waals surface area contributed by atoms with Gasteiger partial charge in [-0.15, -0.1) is 0 Å². The van der Waals surface area contributed by atoms with Crippen molar-refractivity contribution < 1.29 is 55.6 Å². The van der Waals surface area contributed by atoms with Crippen LogP contribution >= 0.6 is 11.6 Å². The molecular formula is C31H33ClF6N8O6. The van der Waals surface area contributed by atoms with Gasteiger partial charge in [0.2, 0.25) is 5.95 Å². The highest BCUT2D eigenvalue weighted by atomic mass is 35.5. The second-order valence-corrected chi connectivity index (χ2v) is 11.4. The number of carboxylic acids is 2. The Hall–Kier alpha value is -5.24. The highest BCUT2D eigenvalue weighted by Crippen LogP contribution is 2.38. The molecule has 4 aromatic rings. The van der Waals surface area contributed by atoms with E-state index in [0.29, 0.717) is 16.5 Å². The number of methoxy groups -OCH3 is 2. The summed E-state index contributed by atoms with van der Waals surface area (Å²) >= 11 is 6.40. The van der Waals surface area contributed by atoms with Gasteiger partial charge < -0.3 is 44.1 Å². The lowest BCUT2D eigenvalue weighted by Crippen LogP contribution is -2.47. The monoisotopic (exact) mass is 762 g/mol. The van der Waals surface area contributed by atoms with Gasteiger partial charge in [0.05, 0.1) is 43.0 Å². The molecule has 0 atom stereocenters. The number of hydrogen-bond acceptors (Lipinski definition) is 11. The number of carbonyl (C=O) groups is 2. The largest absolute Gasteiger partial charge is 0.496 e. The summed E-state index contributed by atoms with van der Waals surface area (Å²) < 4.78 is 76.4. The maximum atomic E-state index is 10.6. The van der Waals surface area contributed by atoms with Crippen LogP contribution in [0.5, 0.6) is 11.5 Å². The highest BCUT2D eigenvalue weighted by molar-refractivity contribution is 6.32. The van der Waals surface area contributed by atoms with Crippen molar-refractivity contribution in [3.8, 4) is 22.8 Å². The van der Waals surface area contributed by atoms with Crippen LogP contribution in [0.3, 0.4) is 0 Å². The predicted molar refractivity (Wildman–Crippen MR) is 178 cm³/mol. The lowest BCUT2D eigenvalue weighted by Gasteiger charge is -2.37. The van der Waals surface area contributed by atoms with Gasteiger partial charge in [0, 0.05) is 88.1 Å². The zero-order valence-corrected chi connectivity index (χ0v) is 28.3. The van der Waals surface area contributed by atoms with Gasteiger partial charge in [-0.3, -0.25) is 0 Å². The fourth-order valence-electron chi connectivity index (χ4n) is 5.09. The van der Waals surface area contributed by atoms with Crippen molar-refractivity contribution in [1.29, 1.82) is 0 Å². The van der Waals surface area contributed by atoms with Crippen molar-refractivity contribution in [1.82, 2.24) is 24.7 Å². The number of benzene rings is 1. The molecule has 1 aromatic carbocycles. The minimum absolute atomic E-state index is 0.516. The first-order valence-corrected chi connectivity index (χ1v) is 15.7. The van der Waals surface area contributed by atoms with E-state index in [0.717, 1.165) is 86.6 Å². The van der Waals surface area contributed by atoms with E-state index in [1.807, 2.05) is 35.3 Å². The number of carboxylic acid groups (broad SMARTS) is 2. The Balaban J connectivity index is 0.000000367. The molecule has 2 saturated heterocycles. The number of piperazine rings is 2. The highest BCUT2D eigenvalue weighted by Gasteiger charge is 2.39. The molecule has 14 nitrogen and oxygen atoms in total. The van der Waals surface area contributed by atoms with Crippen LogP contribution in [0.1, 0.15) is 0 Å². The molecule has 6 rings (SSSR count). The molecular weight excluding hydrogens is 730 g/mol. The van der Waals surface area contributed by atoms with Crippen LogP contribution in [0.4, 0.5) is 43.7 Å². The number of imidazole rings is 1. The molecule has 0 bridgehead atoms. The summed E-state index contributed by atoms with van der Waals surface area (Å²) in [7, 11) is 3.22. The van der Waals surface area contributed by atoms with Crippen LogP contribution in [-0.2, 0) is 9.59 Å². The second kappa shape index (κ2) is 16.9. The smallest absolute Gasteiger partial charge is 0.490 e. The average molecular weight is 763 g/mol. The summed E-state index contributed by atoms with van der Waals surface area (Å²) in [5, 5.41) is 18.1. The van der Waals surface area contributed by atoms with Gasteiger partial charge in [-0.1, -0.05) is 11.6 Å². The van der Waals surface area contributed by atoms with Crippen LogP contribution < -0.4 is 29.5 Å². The zero-order chi connectivity index (χ0) is 38.2. The van der Waals surface area contributed by atoms with E-state index in [1.165, 1.54) is 0 Å². The Labute approximate surface area is 297 Å². The van der Waals surface area contributed by atoms with Crippen molar-refractivity contribution >= 4 is 46.5 Å². The molecule has 0 saturated carbocycles. The average Bonchev–Trinajstić information content (AvgIpc) is 3.55. The molecule has 2 aliphatic heterocycles. The number of fused-ring (bicyclic) bond motifs is 1. The van der Waals surface area contributed by atoms with E-state index in [2.05, 4.69) is 42.1 Å². The number of rotatable bonds is 6. The van der Waals surface area contributed by atoms with Crippen molar-refractivity contribution in [2.24, 2.45) is 0 Å². The molecule has 0 spiro atoms. The SMILES string of the molecule is COc1cc(OC)c(-c2cn3ccc(N4CCN(c5cnc(N6CCNCC6)nc5)CC4)cc3n2)cc1Cl.O=C(O)C(F)(F)F.O=C(O)C(F)(F)F. The van der Waals surface area contributed by atoms with Crippen LogP contribution in [0.2, 0.25) is 5.02 Å². The van der Waals surface area contributed by atoms with E-state index in [-0.39, 0.29) is 0 Å². The number of halogens is 7. The molecule has 3 N–H and O–H groups in total. The first-order valence-electron chi connectivity index (χ1n) is 15.3. The fraction of sp³-hybridized carbons (Fsp3) is 0.387. The van der Waals surface area contributed by atoms with Crippen LogP contribution in [0, 0.1) is 0 Å². The Morgan fingerprint density at radius 2 is 1.31 bits per heavy atom. The number of aliphatic carboxylic acids is 2. The molecule has 2 fully saturated rings. The standard InChI is InChI=1S/C27H31ClN8O2.2C2HF3O2/c1-37-24-15-25(38-2)22(28)14-21(24)23-18-36-6-3-19(13-26(36)32-23)33-9-11-34(12-10-33)20-16-30-27(31-17-20)35-7-4-29-5-8-35;2*3-2(4,5)1(6)7/h3,6,13-18,29H,4-5,7-12H2,1-2H3;2*(H,6,7). The predicted octanol–water partition coefficient (Wildman–Crippen LogP) is 4.46. The topological polar surface area (TPSA) is 158 Å². The summed E-state index contributed by atoms with van der Waals surface area (Å²) in [6, 6.07) is 7.89. The number of aromatic nitrogens is 4. The Kier molecular flexibility index (Phi) is 12.8. The molecule has 0 radical (unpaired) electrons. The van der Waals surface area contributed by atoms with E-state index in [9.17, 15) is 26.3 Å². The summed E-state index contributed by atoms with van der Waals surface area (Å²) in [5.41, 5.74) is 4.70. The quantitative estimate of drug-likeness (QED) is 0.237. The molecule has 5 heterocycles. The van der Waals surface area contributed by atoms with Crippen LogP contribution in [0.15, 0.2) is 49.1 Å². The maximum absolute atomic E-state index is 10.6. The second-order valence-electron chi connectivity index (χ2n) is 11.0. The van der Waals surface area contributed by atoms with Gasteiger partial charge in [0.25, 0.3) is 0 Å². The summed E-state index contributed by atoms with van der Waals surface area (Å²) in [6.07, 6.45) is -2.22. The minimum Gasteiger partial charge on any atom is -0.496 e. The first kappa shape index (κ1) is 39.5. The lowest BCUT2D eigenvalue weighted by molar-refractivity contribution is -0.193. The van der Waals surface area contributed by atoms with E-state index >= 15 is 0 Å². The van der Waals surface area contributed by atoms with Crippen molar-refractivity contribution in [3.63, 3.8) is 0 Å². The molecule has 0 aliphatic carbocycles. The third-order valence-electron chi connectivity index (χ3n) is 7.71. The number of anilines is 3. The molecule has 2 aliphatic rings. The Morgan fingerprint density at radius 3 is 1.81 bits per heavy atom. The number of nitrogens with zero attached hydrogens (tertiary/aromatic N) is 7. The van der Waals surface area contributed by atoms with Gasteiger partial charge in [0.1, 0.15) is 17.1 Å². The number of alkyl halides is 6. The van der Waals surface area contributed by atoms with E-state index in [1.54, 1.807) is 20.3 Å². The van der Waals surface area contributed by atoms with E-state index in [4.69, 9.17) is 45.9 Å². The van der Waals surface area contributed by atoms with Gasteiger partial charge in [-0.2, -0.15) is 26.3 Å². The third-order valence-corrected chi connectivity index (χ3v) is 8.01. The molecule has 3 aromatic heterocycles. The molecule has 282 valence electrons. The maximum Gasteiger partial charge on any atom is 0.490 e. The van der Waals surface area contributed by atoms with Gasteiger partial charge in [-0.05, 0) is 12.1 Å². The van der Waals surface area contributed by atoms with Gasteiger partial charge in [-0.25, -0.2) is 24.5 Å². The Bertz CT molecular complexity index is 1810. The van der Waals surface area contributed by atoms with Crippen LogP contribution in [0.25, 0.3) is 16.9 Å². The Morgan fingerprint density at radius 1 is 0.788 bits per heavy atom. The summed E-state index contributed by atoms with van der Waals surface area (Å²) in [5.74, 6) is -3.47. The van der Waals surface area contributed by atoms with Gasteiger partial charge >= 0.3 is 24.3 Å². The third kappa shape index (κ3) is 10.2. The normalized spacial score (nSPS) is 14.9. The van der Waals surface area contributed by atoms with E-state index < -0.39 is 24.3 Å². The van der Waals surface area contributed by atoms with Crippen LogP contribution in [-0.4, -0.2) is 120 Å². The molecule has 0 unspecified atom stereocenters. The summed E-state index contributed by atoms with van der Waals surface area (Å²) in [6.45, 7) is 7.47. The fourth-order valence-corrected chi connectivity index (χ4v) is 5.33. The first-order chi connectivity index (χ1) is 24.5. The number of hydrogen-bond donors (Lipinski definition) is 3. The number of ether oxygens (including phenoxy) is 2. The molecule has 52 heavy (non-hydrogen) atoms. The molecule has 21 heteroatoms. The lowest BCUT2D eigenvalue weighted by atomic mass is 10.1. The van der Waals surface area contributed by atoms with Crippen molar-refractivity contribution in [2.75, 3.05) is 81.3 Å².